The predicted octanol–water partition coefficient (Wildman–Crippen LogP) is 6.06. The van der Waals surface area contributed by atoms with Crippen molar-refractivity contribution in [3.8, 4) is 0 Å². The van der Waals surface area contributed by atoms with Gasteiger partial charge in [0.15, 0.2) is 5.11 Å². The van der Waals surface area contributed by atoms with E-state index in [2.05, 4.69) is 46.6 Å². The second-order valence-electron chi connectivity index (χ2n) is 9.16. The summed E-state index contributed by atoms with van der Waals surface area (Å²) in [5.74, 6) is -0.143. The number of aromatic nitrogens is 2. The second kappa shape index (κ2) is 9.32. The Kier molecular flexibility index (Phi) is 5.85. The molecule has 0 unspecified atom stereocenters. The van der Waals surface area contributed by atoms with Crippen molar-refractivity contribution in [2.45, 2.75) is 19.8 Å². The van der Waals surface area contributed by atoms with Crippen molar-refractivity contribution < 1.29 is 9.53 Å². The van der Waals surface area contributed by atoms with E-state index in [1.54, 1.807) is 0 Å². The van der Waals surface area contributed by atoms with Crippen LogP contribution in [0.3, 0.4) is 0 Å². The topological polar surface area (TPSA) is 67.3 Å². The number of benzene rings is 4. The molecule has 2 heterocycles. The summed E-state index contributed by atoms with van der Waals surface area (Å²) in [7, 11) is 0. The fourth-order valence-electron chi connectivity index (χ4n) is 5.14. The van der Waals surface area contributed by atoms with Gasteiger partial charge in [-0.3, -0.25) is 4.79 Å². The average molecular weight is 495 g/mol. The van der Waals surface area contributed by atoms with Gasteiger partial charge in [0.05, 0.1) is 34.6 Å². The smallest absolute Gasteiger partial charge is 0.309 e. The van der Waals surface area contributed by atoms with E-state index in [0.29, 0.717) is 11.7 Å². The van der Waals surface area contributed by atoms with Crippen LogP contribution in [0.25, 0.3) is 43.6 Å². The molecule has 1 N–H and O–H groups in total. The molecule has 6 nitrogen and oxygen atoms in total. The number of hydrogen-bond acceptors (Lipinski definition) is 5. The van der Waals surface area contributed by atoms with Gasteiger partial charge in [-0.2, -0.15) is 0 Å². The maximum atomic E-state index is 12.0. The van der Waals surface area contributed by atoms with Gasteiger partial charge in [0, 0.05) is 29.5 Å². The summed E-state index contributed by atoms with van der Waals surface area (Å²) < 4.78 is 5.18. The van der Waals surface area contributed by atoms with E-state index < -0.39 is 0 Å². The van der Waals surface area contributed by atoms with Crippen molar-refractivity contribution in [1.29, 1.82) is 0 Å². The third-order valence-corrected chi connectivity index (χ3v) is 7.33. The van der Waals surface area contributed by atoms with Crippen LogP contribution in [-0.4, -0.2) is 45.6 Å². The van der Waals surface area contributed by atoms with Crippen molar-refractivity contribution in [1.82, 2.24) is 14.9 Å². The summed E-state index contributed by atoms with van der Waals surface area (Å²) in [6, 6.07) is 22.7. The Balaban J connectivity index is 1.31. The molecule has 0 radical (unpaired) electrons. The van der Waals surface area contributed by atoms with E-state index >= 15 is 0 Å². The number of piperidine rings is 1. The number of rotatable bonds is 3. The van der Waals surface area contributed by atoms with Crippen molar-refractivity contribution in [2.75, 3.05) is 25.0 Å². The normalized spacial score (nSPS) is 14.5. The lowest BCUT2D eigenvalue weighted by atomic mass is 9.97. The van der Waals surface area contributed by atoms with Crippen molar-refractivity contribution in [2.24, 2.45) is 5.92 Å². The number of ether oxygens (including phenoxy) is 1. The fraction of sp³-hybridized carbons (Fsp3) is 0.241. The Labute approximate surface area is 214 Å². The molecule has 0 saturated carbocycles. The number of fused-ring (bicyclic) bond motifs is 7. The number of likely N-dealkylation sites (tertiary alicyclic amines) is 1. The lowest BCUT2D eigenvalue weighted by Gasteiger charge is -2.32. The summed E-state index contributed by atoms with van der Waals surface area (Å²) in [5, 5.41) is 8.58. The van der Waals surface area contributed by atoms with E-state index in [1.165, 1.54) is 10.8 Å². The van der Waals surface area contributed by atoms with E-state index in [4.69, 9.17) is 26.9 Å². The van der Waals surface area contributed by atoms with E-state index in [-0.39, 0.29) is 11.9 Å². The first-order chi connectivity index (χ1) is 17.6. The van der Waals surface area contributed by atoms with Gasteiger partial charge in [-0.1, -0.05) is 48.5 Å². The van der Waals surface area contributed by atoms with Gasteiger partial charge in [-0.15, -0.1) is 0 Å². The Morgan fingerprint density at radius 2 is 1.50 bits per heavy atom. The molecule has 1 fully saturated rings. The zero-order chi connectivity index (χ0) is 24.6. The third kappa shape index (κ3) is 3.99. The number of nitrogens with zero attached hydrogens (tertiary/aromatic N) is 3. The van der Waals surface area contributed by atoms with E-state index in [0.717, 1.165) is 64.5 Å². The Hall–Kier alpha value is -3.84. The first-order valence-electron chi connectivity index (χ1n) is 12.4. The van der Waals surface area contributed by atoms with Gasteiger partial charge in [0.1, 0.15) is 0 Å². The molecule has 5 aromatic rings. The minimum atomic E-state index is -0.100. The highest BCUT2D eigenvalue weighted by atomic mass is 32.1. The van der Waals surface area contributed by atoms with Crippen LogP contribution >= 0.6 is 12.2 Å². The zero-order valence-electron chi connectivity index (χ0n) is 20.0. The third-order valence-electron chi connectivity index (χ3n) is 6.97. The molecule has 180 valence electrons. The largest absolute Gasteiger partial charge is 0.466 e. The lowest BCUT2D eigenvalue weighted by Crippen LogP contribution is -2.42. The SMILES string of the molecule is CCOC(=O)C1CCN(C(=S)Nc2ccc3nc4c5ccccc5c5ccccc5c4nc3c2)CC1. The van der Waals surface area contributed by atoms with Gasteiger partial charge in [-0.05, 0) is 61.0 Å². The van der Waals surface area contributed by atoms with Crippen LogP contribution in [0.5, 0.6) is 0 Å². The molecule has 0 spiro atoms. The van der Waals surface area contributed by atoms with Crippen LogP contribution in [0.4, 0.5) is 5.69 Å². The molecule has 4 aromatic carbocycles. The molecule has 0 bridgehead atoms. The maximum Gasteiger partial charge on any atom is 0.309 e. The van der Waals surface area contributed by atoms with Gasteiger partial charge in [0.25, 0.3) is 0 Å². The number of thiocarbonyl (C=S) groups is 1. The van der Waals surface area contributed by atoms with Crippen molar-refractivity contribution in [3.05, 3.63) is 66.7 Å². The standard InChI is InChI=1S/C29H26N4O2S/c1-2-35-28(34)18-13-15-33(16-14-18)29(36)30-19-11-12-24-25(17-19)32-27-23-10-6-4-8-21(23)20-7-3-5-9-22(20)26(27)31-24/h3-12,17-18H,2,13-16H2,1H3,(H,30,36). The van der Waals surface area contributed by atoms with Crippen LogP contribution in [0, 0.1) is 5.92 Å². The van der Waals surface area contributed by atoms with Gasteiger partial charge in [-0.25, -0.2) is 9.97 Å². The van der Waals surface area contributed by atoms with Crippen LogP contribution in [-0.2, 0) is 9.53 Å². The number of carbonyl (C=O) groups is 1. The molecule has 36 heavy (non-hydrogen) atoms. The zero-order valence-corrected chi connectivity index (χ0v) is 20.8. The highest BCUT2D eigenvalue weighted by molar-refractivity contribution is 7.80. The molecular weight excluding hydrogens is 468 g/mol. The molecule has 7 heteroatoms. The molecule has 1 aliphatic rings. The fourth-order valence-corrected chi connectivity index (χ4v) is 5.44. The maximum absolute atomic E-state index is 12.0. The lowest BCUT2D eigenvalue weighted by molar-refractivity contribution is -0.149. The minimum absolute atomic E-state index is 0.0425. The first-order valence-corrected chi connectivity index (χ1v) is 12.8. The summed E-state index contributed by atoms with van der Waals surface area (Å²) >= 11 is 5.69. The molecule has 1 aromatic heterocycles. The van der Waals surface area contributed by atoms with Crippen LogP contribution in [0.1, 0.15) is 19.8 Å². The van der Waals surface area contributed by atoms with Gasteiger partial charge in [0.2, 0.25) is 0 Å². The highest BCUT2D eigenvalue weighted by Crippen LogP contribution is 2.34. The molecular formula is C29H26N4O2S. The Morgan fingerprint density at radius 1 is 0.917 bits per heavy atom. The first kappa shape index (κ1) is 22.6. The number of anilines is 1. The Morgan fingerprint density at radius 3 is 2.11 bits per heavy atom. The van der Waals surface area contributed by atoms with Gasteiger partial charge < -0.3 is 15.0 Å². The number of carbonyl (C=O) groups excluding carboxylic acids is 1. The van der Waals surface area contributed by atoms with E-state index in [9.17, 15) is 4.79 Å². The van der Waals surface area contributed by atoms with E-state index in [1.807, 2.05) is 37.3 Å². The second-order valence-corrected chi connectivity index (χ2v) is 9.55. The minimum Gasteiger partial charge on any atom is -0.466 e. The Bertz CT molecular complexity index is 1640. The summed E-state index contributed by atoms with van der Waals surface area (Å²) in [6.45, 7) is 3.72. The van der Waals surface area contributed by atoms with Crippen molar-refractivity contribution in [3.63, 3.8) is 0 Å². The highest BCUT2D eigenvalue weighted by Gasteiger charge is 2.27. The number of esters is 1. The van der Waals surface area contributed by atoms with Crippen LogP contribution in [0.2, 0.25) is 0 Å². The molecule has 1 saturated heterocycles. The predicted molar refractivity (Wildman–Crippen MR) is 149 cm³/mol. The average Bonchev–Trinajstić information content (AvgIpc) is 2.92. The summed E-state index contributed by atoms with van der Waals surface area (Å²) in [4.78, 5) is 24.2. The quantitative estimate of drug-likeness (QED) is 0.141. The molecule has 6 rings (SSSR count). The van der Waals surface area contributed by atoms with Crippen LogP contribution < -0.4 is 5.32 Å². The van der Waals surface area contributed by atoms with Gasteiger partial charge >= 0.3 is 5.97 Å². The summed E-state index contributed by atoms with van der Waals surface area (Å²) in [5.41, 5.74) is 4.35. The molecule has 0 atom stereocenters. The summed E-state index contributed by atoms with van der Waals surface area (Å²) in [6.07, 6.45) is 1.49. The van der Waals surface area contributed by atoms with Crippen molar-refractivity contribution >= 4 is 72.6 Å². The molecule has 1 aliphatic heterocycles. The molecule has 0 amide bonds. The monoisotopic (exact) mass is 494 g/mol. The number of hydrogen-bond donors (Lipinski definition) is 1. The molecule has 0 aliphatic carbocycles. The number of nitrogens with one attached hydrogen (secondary N) is 1. The van der Waals surface area contributed by atoms with Crippen LogP contribution in [0.15, 0.2) is 66.7 Å².